The summed E-state index contributed by atoms with van der Waals surface area (Å²) >= 11 is 14.6. The van der Waals surface area contributed by atoms with Crippen molar-refractivity contribution >= 4 is 50.7 Å². The molecule has 0 unspecified atom stereocenters. The molecule has 1 amide bonds. The van der Waals surface area contributed by atoms with E-state index >= 15 is 0 Å². The number of hydrogen-bond donors (Lipinski definition) is 1. The average Bonchev–Trinajstić information content (AvgIpc) is 2.37. The highest BCUT2D eigenvalue weighted by Gasteiger charge is 2.16. The number of amides is 1. The Balaban J connectivity index is 2.34. The largest absolute Gasteiger partial charge is 0.317 e. The predicted octanol–water partition coefficient (Wildman–Crippen LogP) is 3.94. The number of hydrogen-bond acceptors (Lipinski definition) is 3. The second kappa shape index (κ2) is 5.81. The van der Waals surface area contributed by atoms with Crippen LogP contribution in [0.3, 0.4) is 0 Å². The summed E-state index contributed by atoms with van der Waals surface area (Å²) in [5, 5.41) is 2.44. The molecule has 0 saturated heterocycles. The van der Waals surface area contributed by atoms with Gasteiger partial charge in [-0.2, -0.15) is 0 Å². The van der Waals surface area contributed by atoms with E-state index in [1.165, 1.54) is 24.5 Å². The zero-order chi connectivity index (χ0) is 14.0. The van der Waals surface area contributed by atoms with E-state index in [-0.39, 0.29) is 26.0 Å². The van der Waals surface area contributed by atoms with Crippen molar-refractivity contribution in [3.8, 4) is 0 Å². The Morgan fingerprint density at radius 2 is 1.89 bits per heavy atom. The summed E-state index contributed by atoms with van der Waals surface area (Å²) in [6.07, 6.45) is 1.17. The minimum atomic E-state index is -0.579. The zero-order valence-corrected chi connectivity index (χ0v) is 12.2. The van der Waals surface area contributed by atoms with Gasteiger partial charge in [0.2, 0.25) is 0 Å². The molecular formula is C11H5BrCl2FN3O. The van der Waals surface area contributed by atoms with Crippen molar-refractivity contribution in [2.75, 3.05) is 5.32 Å². The quantitative estimate of drug-likeness (QED) is 0.821. The Kier molecular flexibility index (Phi) is 4.34. The predicted molar refractivity (Wildman–Crippen MR) is 74.1 cm³/mol. The summed E-state index contributed by atoms with van der Waals surface area (Å²) in [4.78, 5) is 19.4. The van der Waals surface area contributed by atoms with Crippen LogP contribution in [0.2, 0.25) is 10.3 Å². The molecule has 0 fully saturated rings. The van der Waals surface area contributed by atoms with E-state index in [1.54, 1.807) is 0 Å². The van der Waals surface area contributed by atoms with Gasteiger partial charge in [0.15, 0.2) is 10.3 Å². The van der Waals surface area contributed by atoms with Crippen molar-refractivity contribution in [2.45, 2.75) is 0 Å². The van der Waals surface area contributed by atoms with Crippen LogP contribution in [0.25, 0.3) is 0 Å². The van der Waals surface area contributed by atoms with Gasteiger partial charge in [-0.25, -0.2) is 14.4 Å². The van der Waals surface area contributed by atoms with Gasteiger partial charge in [0, 0.05) is 0 Å². The smallest absolute Gasteiger partial charge is 0.257 e. The first-order chi connectivity index (χ1) is 9.00. The molecule has 4 nitrogen and oxygen atoms in total. The SMILES string of the molecule is O=C(Nc1c(Cl)ncnc1Cl)c1cccc(F)c1Br. The molecule has 0 bridgehead atoms. The molecule has 98 valence electrons. The van der Waals surface area contributed by atoms with Crippen molar-refractivity contribution in [1.82, 2.24) is 9.97 Å². The van der Waals surface area contributed by atoms with Crippen LogP contribution in [0.1, 0.15) is 10.4 Å². The highest BCUT2D eigenvalue weighted by Crippen LogP contribution is 2.27. The fourth-order valence-electron chi connectivity index (χ4n) is 1.31. The Labute approximate surface area is 126 Å². The molecule has 0 spiro atoms. The summed E-state index contributed by atoms with van der Waals surface area (Å²) in [7, 11) is 0. The van der Waals surface area contributed by atoms with Gasteiger partial charge in [0.25, 0.3) is 5.91 Å². The molecule has 2 aromatic rings. The number of anilines is 1. The van der Waals surface area contributed by atoms with E-state index in [1.807, 2.05) is 0 Å². The Hall–Kier alpha value is -1.24. The highest BCUT2D eigenvalue weighted by molar-refractivity contribution is 9.10. The van der Waals surface area contributed by atoms with E-state index in [0.29, 0.717) is 0 Å². The van der Waals surface area contributed by atoms with Crippen molar-refractivity contribution in [2.24, 2.45) is 0 Å². The maximum Gasteiger partial charge on any atom is 0.257 e. The molecule has 1 N–H and O–H groups in total. The number of carbonyl (C=O) groups excluding carboxylic acids is 1. The van der Waals surface area contributed by atoms with Crippen LogP contribution < -0.4 is 5.32 Å². The van der Waals surface area contributed by atoms with E-state index < -0.39 is 11.7 Å². The van der Waals surface area contributed by atoms with Crippen LogP contribution in [0.4, 0.5) is 10.1 Å². The fourth-order valence-corrected chi connectivity index (χ4v) is 2.16. The van der Waals surface area contributed by atoms with Crippen LogP contribution in [-0.4, -0.2) is 15.9 Å². The molecule has 8 heteroatoms. The first-order valence-corrected chi connectivity index (χ1v) is 6.47. The lowest BCUT2D eigenvalue weighted by molar-refractivity contribution is 0.102. The second-order valence-electron chi connectivity index (χ2n) is 3.39. The lowest BCUT2D eigenvalue weighted by Gasteiger charge is -2.09. The first-order valence-electron chi connectivity index (χ1n) is 4.92. The van der Waals surface area contributed by atoms with Gasteiger partial charge in [0.05, 0.1) is 10.0 Å². The van der Waals surface area contributed by atoms with Gasteiger partial charge < -0.3 is 5.32 Å². The lowest BCUT2D eigenvalue weighted by atomic mass is 10.2. The maximum absolute atomic E-state index is 13.3. The van der Waals surface area contributed by atoms with E-state index in [9.17, 15) is 9.18 Å². The zero-order valence-electron chi connectivity index (χ0n) is 9.12. The minimum Gasteiger partial charge on any atom is -0.317 e. The van der Waals surface area contributed by atoms with Crippen LogP contribution in [0.5, 0.6) is 0 Å². The van der Waals surface area contributed by atoms with Crippen LogP contribution in [0.15, 0.2) is 29.0 Å². The average molecular weight is 365 g/mol. The number of benzene rings is 1. The van der Waals surface area contributed by atoms with Gasteiger partial charge in [-0.1, -0.05) is 29.3 Å². The van der Waals surface area contributed by atoms with Crippen LogP contribution in [-0.2, 0) is 0 Å². The molecule has 0 aliphatic rings. The summed E-state index contributed by atoms with van der Waals surface area (Å²) in [6.45, 7) is 0. The monoisotopic (exact) mass is 363 g/mol. The van der Waals surface area contributed by atoms with Gasteiger partial charge in [-0.15, -0.1) is 0 Å². The van der Waals surface area contributed by atoms with E-state index in [2.05, 4.69) is 31.2 Å². The van der Waals surface area contributed by atoms with E-state index in [4.69, 9.17) is 23.2 Å². The third kappa shape index (κ3) is 3.02. The Morgan fingerprint density at radius 1 is 1.26 bits per heavy atom. The fraction of sp³-hybridized carbons (Fsp3) is 0. The first kappa shape index (κ1) is 14.2. The third-order valence-electron chi connectivity index (χ3n) is 2.19. The second-order valence-corrected chi connectivity index (χ2v) is 4.89. The Bertz CT molecular complexity index is 634. The topological polar surface area (TPSA) is 54.9 Å². The van der Waals surface area contributed by atoms with Gasteiger partial charge >= 0.3 is 0 Å². The standard InChI is InChI=1S/C11H5BrCl2FN3O/c12-7-5(2-1-3-6(7)15)11(19)18-8-9(13)16-4-17-10(8)14/h1-4H,(H,18,19). The summed E-state index contributed by atoms with van der Waals surface area (Å²) in [5.74, 6) is -1.13. The van der Waals surface area contributed by atoms with Crippen molar-refractivity contribution < 1.29 is 9.18 Å². The number of halogens is 4. The van der Waals surface area contributed by atoms with Gasteiger partial charge in [0.1, 0.15) is 17.8 Å². The van der Waals surface area contributed by atoms with Gasteiger partial charge in [-0.3, -0.25) is 4.79 Å². The molecule has 1 aromatic carbocycles. The number of nitrogens with zero attached hydrogens (tertiary/aromatic N) is 2. The van der Waals surface area contributed by atoms with Gasteiger partial charge in [-0.05, 0) is 28.1 Å². The summed E-state index contributed by atoms with van der Waals surface area (Å²) in [6, 6.07) is 4.10. The molecule has 0 aliphatic carbocycles. The molecular weight excluding hydrogens is 360 g/mol. The van der Waals surface area contributed by atoms with Crippen LogP contribution in [0, 0.1) is 5.82 Å². The number of rotatable bonds is 2. The normalized spacial score (nSPS) is 10.3. The summed E-state index contributed by atoms with van der Waals surface area (Å²) in [5.41, 5.74) is 0.183. The molecule has 1 heterocycles. The molecule has 2 rings (SSSR count). The molecule has 0 aliphatic heterocycles. The molecule has 0 saturated carbocycles. The molecule has 19 heavy (non-hydrogen) atoms. The number of carbonyl (C=O) groups is 1. The minimum absolute atomic E-state index is 0.000811. The number of aromatic nitrogens is 2. The summed E-state index contributed by atoms with van der Waals surface area (Å²) < 4.78 is 13.4. The van der Waals surface area contributed by atoms with Crippen molar-refractivity contribution in [1.29, 1.82) is 0 Å². The van der Waals surface area contributed by atoms with Crippen LogP contribution >= 0.6 is 39.1 Å². The molecule has 0 radical (unpaired) electrons. The Morgan fingerprint density at radius 3 is 2.53 bits per heavy atom. The number of nitrogens with one attached hydrogen (secondary N) is 1. The van der Waals surface area contributed by atoms with E-state index in [0.717, 1.165) is 0 Å². The lowest BCUT2D eigenvalue weighted by Crippen LogP contribution is -2.14. The van der Waals surface area contributed by atoms with Crippen molar-refractivity contribution in [3.05, 3.63) is 50.7 Å². The maximum atomic E-state index is 13.3. The van der Waals surface area contributed by atoms with Crippen molar-refractivity contribution in [3.63, 3.8) is 0 Å². The third-order valence-corrected chi connectivity index (χ3v) is 3.57. The molecule has 1 aromatic heterocycles. The highest BCUT2D eigenvalue weighted by atomic mass is 79.9. The molecule has 0 atom stereocenters.